The van der Waals surface area contributed by atoms with Crippen molar-refractivity contribution < 1.29 is 17.9 Å². The van der Waals surface area contributed by atoms with Gasteiger partial charge in [-0.3, -0.25) is 9.36 Å². The van der Waals surface area contributed by atoms with E-state index in [0.29, 0.717) is 22.3 Å². The van der Waals surface area contributed by atoms with E-state index >= 15 is 0 Å². The van der Waals surface area contributed by atoms with E-state index < -0.39 is 6.36 Å². The van der Waals surface area contributed by atoms with Gasteiger partial charge in [0, 0.05) is 12.6 Å². The van der Waals surface area contributed by atoms with Crippen molar-refractivity contribution in [2.24, 2.45) is 7.05 Å². The van der Waals surface area contributed by atoms with Gasteiger partial charge < -0.3 is 4.74 Å². The summed E-state index contributed by atoms with van der Waals surface area (Å²) in [6.07, 6.45) is -4.74. The summed E-state index contributed by atoms with van der Waals surface area (Å²) in [7, 11) is 1.57. The number of alkyl halides is 3. The maximum atomic E-state index is 12.3. The van der Waals surface area contributed by atoms with Crippen LogP contribution in [0, 0.1) is 0 Å². The van der Waals surface area contributed by atoms with Gasteiger partial charge in [0.1, 0.15) is 11.6 Å². The Balaban J connectivity index is 2.07. The van der Waals surface area contributed by atoms with Crippen molar-refractivity contribution >= 4 is 10.9 Å². The lowest BCUT2D eigenvalue weighted by atomic mass is 10.1. The fourth-order valence-corrected chi connectivity index (χ4v) is 2.28. The molecule has 3 aromatic rings. The van der Waals surface area contributed by atoms with Gasteiger partial charge in [-0.1, -0.05) is 12.1 Å². The molecule has 7 heteroatoms. The zero-order valence-electron chi connectivity index (χ0n) is 12.0. The van der Waals surface area contributed by atoms with Crippen LogP contribution in [-0.2, 0) is 7.05 Å². The quantitative estimate of drug-likeness (QED) is 0.726. The predicted molar refractivity (Wildman–Crippen MR) is 79.1 cm³/mol. The van der Waals surface area contributed by atoms with Crippen LogP contribution in [0.4, 0.5) is 13.2 Å². The first-order chi connectivity index (χ1) is 10.8. The van der Waals surface area contributed by atoms with Gasteiger partial charge in [-0.15, -0.1) is 13.2 Å². The minimum atomic E-state index is -4.74. The predicted octanol–water partition coefficient (Wildman–Crippen LogP) is 3.50. The molecule has 0 N–H and O–H groups in total. The third kappa shape index (κ3) is 3.03. The van der Waals surface area contributed by atoms with Crippen LogP contribution in [0.15, 0.2) is 53.3 Å². The molecule has 1 heterocycles. The molecule has 0 aliphatic heterocycles. The molecule has 0 saturated heterocycles. The molecule has 0 radical (unpaired) electrons. The van der Waals surface area contributed by atoms with E-state index in [1.54, 1.807) is 31.3 Å². The molecule has 0 aliphatic carbocycles. The minimum Gasteiger partial charge on any atom is -0.406 e. The molecule has 3 rings (SSSR count). The second-order valence-electron chi connectivity index (χ2n) is 4.89. The van der Waals surface area contributed by atoms with Gasteiger partial charge in [0.15, 0.2) is 0 Å². The van der Waals surface area contributed by atoms with Gasteiger partial charge in [0.2, 0.25) is 0 Å². The minimum absolute atomic E-state index is 0.221. The van der Waals surface area contributed by atoms with Crippen LogP contribution in [0.25, 0.3) is 22.3 Å². The number of benzene rings is 2. The lowest BCUT2D eigenvalue weighted by Gasteiger charge is -2.11. The zero-order valence-corrected chi connectivity index (χ0v) is 12.0. The molecular formula is C16H11F3N2O2. The summed E-state index contributed by atoms with van der Waals surface area (Å²) in [5.41, 5.74) is 0.826. The molecule has 0 spiro atoms. The smallest absolute Gasteiger partial charge is 0.406 e. The topological polar surface area (TPSA) is 44.1 Å². The maximum absolute atomic E-state index is 12.3. The maximum Gasteiger partial charge on any atom is 0.573 e. The summed E-state index contributed by atoms with van der Waals surface area (Å²) in [6, 6.07) is 12.1. The summed E-state index contributed by atoms with van der Waals surface area (Å²) in [5, 5.41) is 0.482. The molecule has 0 unspecified atom stereocenters. The number of hydrogen-bond donors (Lipinski definition) is 0. The zero-order chi connectivity index (χ0) is 16.6. The lowest BCUT2D eigenvalue weighted by molar-refractivity contribution is -0.274. The Morgan fingerprint density at radius 3 is 2.35 bits per heavy atom. The van der Waals surface area contributed by atoms with Crippen LogP contribution in [-0.4, -0.2) is 15.9 Å². The van der Waals surface area contributed by atoms with Crippen LogP contribution in [0.5, 0.6) is 5.75 Å². The van der Waals surface area contributed by atoms with E-state index in [2.05, 4.69) is 9.72 Å². The Hall–Kier alpha value is -2.83. The molecule has 2 aromatic carbocycles. The van der Waals surface area contributed by atoms with Crippen LogP contribution >= 0.6 is 0 Å². The number of aromatic nitrogens is 2. The van der Waals surface area contributed by atoms with E-state index in [9.17, 15) is 18.0 Å². The number of rotatable bonds is 2. The first-order valence-corrected chi connectivity index (χ1v) is 6.67. The van der Waals surface area contributed by atoms with Crippen LogP contribution in [0.2, 0.25) is 0 Å². The molecule has 0 atom stereocenters. The van der Waals surface area contributed by atoms with Gasteiger partial charge in [0.25, 0.3) is 5.56 Å². The highest BCUT2D eigenvalue weighted by molar-refractivity contribution is 5.79. The van der Waals surface area contributed by atoms with Gasteiger partial charge in [-0.2, -0.15) is 0 Å². The van der Waals surface area contributed by atoms with Gasteiger partial charge >= 0.3 is 6.36 Å². The molecule has 0 aliphatic rings. The van der Waals surface area contributed by atoms with Crippen LogP contribution in [0.3, 0.4) is 0 Å². The number of hydrogen-bond acceptors (Lipinski definition) is 3. The summed E-state index contributed by atoms with van der Waals surface area (Å²) in [6.45, 7) is 0. The van der Waals surface area contributed by atoms with Crippen molar-refractivity contribution in [1.29, 1.82) is 0 Å². The third-order valence-corrected chi connectivity index (χ3v) is 3.33. The summed E-state index contributed by atoms with van der Waals surface area (Å²) >= 11 is 0. The highest BCUT2D eigenvalue weighted by atomic mass is 19.4. The van der Waals surface area contributed by atoms with Gasteiger partial charge in [-0.25, -0.2) is 4.98 Å². The molecule has 118 valence electrons. The Bertz CT molecular complexity index is 915. The summed E-state index contributed by atoms with van der Waals surface area (Å²) < 4.78 is 41.7. The van der Waals surface area contributed by atoms with E-state index in [0.717, 1.165) is 0 Å². The average molecular weight is 320 g/mol. The standard InChI is InChI=1S/C16H11F3N2O2/c1-21-14(20-13-5-3-2-4-12(13)15(21)22)10-6-8-11(9-7-10)23-16(17,18)19/h2-9H,1H3. The molecule has 1 aromatic heterocycles. The summed E-state index contributed by atoms with van der Waals surface area (Å²) in [4.78, 5) is 16.7. The number of halogens is 3. The fraction of sp³-hybridized carbons (Fsp3) is 0.125. The fourth-order valence-electron chi connectivity index (χ4n) is 2.28. The highest BCUT2D eigenvalue weighted by Crippen LogP contribution is 2.25. The molecule has 0 saturated carbocycles. The number of para-hydroxylation sites is 1. The second-order valence-corrected chi connectivity index (χ2v) is 4.89. The molecular weight excluding hydrogens is 309 g/mol. The molecule has 23 heavy (non-hydrogen) atoms. The highest BCUT2D eigenvalue weighted by Gasteiger charge is 2.31. The normalized spacial score (nSPS) is 11.7. The first-order valence-electron chi connectivity index (χ1n) is 6.67. The second kappa shape index (κ2) is 5.42. The molecule has 4 nitrogen and oxygen atoms in total. The average Bonchev–Trinajstić information content (AvgIpc) is 2.50. The Kier molecular flexibility index (Phi) is 3.55. The van der Waals surface area contributed by atoms with E-state index in [1.165, 1.54) is 28.8 Å². The van der Waals surface area contributed by atoms with E-state index in [1.807, 2.05) is 0 Å². The van der Waals surface area contributed by atoms with Crippen molar-refractivity contribution in [3.05, 3.63) is 58.9 Å². The number of nitrogens with zero attached hydrogens (tertiary/aromatic N) is 2. The van der Waals surface area contributed by atoms with Crippen molar-refractivity contribution in [2.45, 2.75) is 6.36 Å². The first kappa shape index (κ1) is 15.1. The number of fused-ring (bicyclic) bond motifs is 1. The van der Waals surface area contributed by atoms with E-state index in [4.69, 9.17) is 0 Å². The lowest BCUT2D eigenvalue weighted by Crippen LogP contribution is -2.20. The monoisotopic (exact) mass is 320 g/mol. The van der Waals surface area contributed by atoms with E-state index in [-0.39, 0.29) is 11.3 Å². The third-order valence-electron chi connectivity index (χ3n) is 3.33. The Morgan fingerprint density at radius 1 is 1.04 bits per heavy atom. The molecule has 0 amide bonds. The van der Waals surface area contributed by atoms with Crippen molar-refractivity contribution in [3.8, 4) is 17.1 Å². The molecule has 0 fully saturated rings. The van der Waals surface area contributed by atoms with Crippen LogP contribution in [0.1, 0.15) is 0 Å². The van der Waals surface area contributed by atoms with Gasteiger partial charge in [-0.05, 0) is 36.4 Å². The van der Waals surface area contributed by atoms with Gasteiger partial charge in [0.05, 0.1) is 10.9 Å². The van der Waals surface area contributed by atoms with Crippen LogP contribution < -0.4 is 10.3 Å². The number of ether oxygens (including phenoxy) is 1. The molecule has 0 bridgehead atoms. The van der Waals surface area contributed by atoms with Crippen molar-refractivity contribution in [2.75, 3.05) is 0 Å². The Labute approximate surface area is 128 Å². The SMILES string of the molecule is Cn1c(-c2ccc(OC(F)(F)F)cc2)nc2ccccc2c1=O. The van der Waals surface area contributed by atoms with Crippen molar-refractivity contribution in [3.63, 3.8) is 0 Å². The van der Waals surface area contributed by atoms with Crippen molar-refractivity contribution in [1.82, 2.24) is 9.55 Å². The Morgan fingerprint density at radius 2 is 1.70 bits per heavy atom. The summed E-state index contributed by atoms with van der Waals surface area (Å²) in [5.74, 6) is 0.0410. The largest absolute Gasteiger partial charge is 0.573 e.